The predicted molar refractivity (Wildman–Crippen MR) is 122 cm³/mol. The van der Waals surface area contributed by atoms with Gasteiger partial charge in [-0.1, -0.05) is 41.5 Å². The minimum Gasteiger partial charge on any atom is -0.120 e. The Kier molecular flexibility index (Phi) is 6.30. The number of rotatable bonds is 3. The Bertz CT molecular complexity index is 686. The zero-order chi connectivity index (χ0) is 19.9. The molecule has 0 aromatic heterocycles. The largest absolute Gasteiger partial charge is 0.120 e. The highest BCUT2D eigenvalue weighted by atomic mass is 32.2. The van der Waals surface area contributed by atoms with Gasteiger partial charge in [0.2, 0.25) is 0 Å². The number of aryl methyl sites for hydroxylation is 4. The molecule has 0 unspecified atom stereocenters. The van der Waals surface area contributed by atoms with Crippen molar-refractivity contribution in [2.24, 2.45) is 0 Å². The average Bonchev–Trinajstić information content (AvgIpc) is 2.36. The van der Waals surface area contributed by atoms with Crippen molar-refractivity contribution in [2.45, 2.75) is 88.5 Å². The van der Waals surface area contributed by atoms with Crippen LogP contribution in [-0.4, -0.2) is 9.49 Å². The van der Waals surface area contributed by atoms with Gasteiger partial charge in [0.1, 0.15) is 0 Å². The van der Waals surface area contributed by atoms with Crippen LogP contribution < -0.4 is 0 Å². The van der Waals surface area contributed by atoms with Gasteiger partial charge in [0, 0.05) is 19.3 Å². The molecular formula is C24H34S2. The van der Waals surface area contributed by atoms with E-state index in [9.17, 15) is 0 Å². The van der Waals surface area contributed by atoms with Crippen LogP contribution in [0.1, 0.15) is 63.8 Å². The Morgan fingerprint density at radius 3 is 0.923 bits per heavy atom. The molecule has 2 rings (SSSR count). The van der Waals surface area contributed by atoms with E-state index in [0.717, 1.165) is 0 Å². The lowest BCUT2D eigenvalue weighted by molar-refractivity contribution is 0.802. The van der Waals surface area contributed by atoms with E-state index in [0.29, 0.717) is 0 Å². The fraction of sp³-hybridized carbons (Fsp3) is 0.500. The first-order chi connectivity index (χ1) is 11.8. The lowest BCUT2D eigenvalue weighted by atomic mass is 9.89. The Hall–Kier alpha value is -0.860. The third-order valence-corrected chi connectivity index (χ3v) is 6.28. The molecule has 2 aromatic rings. The van der Waals surface area contributed by atoms with Crippen LogP contribution in [0.4, 0.5) is 0 Å². The Morgan fingerprint density at radius 2 is 0.731 bits per heavy atom. The standard InChI is InChI=1S/C24H34S2/c1-15-11-19(25-23(5,6)7)12-16(2)21(15)22-17(3)13-20(14-18(22)4)26-24(8,9)10/h11-14H,1-10H3. The molecule has 0 radical (unpaired) electrons. The topological polar surface area (TPSA) is 0 Å². The van der Waals surface area contributed by atoms with Crippen molar-refractivity contribution in [3.05, 3.63) is 46.5 Å². The lowest BCUT2D eigenvalue weighted by Crippen LogP contribution is -2.07. The molecule has 0 fully saturated rings. The lowest BCUT2D eigenvalue weighted by Gasteiger charge is -2.23. The van der Waals surface area contributed by atoms with Crippen LogP contribution in [0.5, 0.6) is 0 Å². The number of hydrogen-bond acceptors (Lipinski definition) is 2. The van der Waals surface area contributed by atoms with Crippen molar-refractivity contribution in [3.8, 4) is 11.1 Å². The summed E-state index contributed by atoms with van der Waals surface area (Å²) in [6, 6.07) is 9.42. The predicted octanol–water partition coefficient (Wildman–Crippen LogP) is 8.37. The van der Waals surface area contributed by atoms with Crippen LogP contribution in [0.15, 0.2) is 34.1 Å². The maximum atomic E-state index is 2.36. The Morgan fingerprint density at radius 1 is 0.500 bits per heavy atom. The summed E-state index contributed by atoms with van der Waals surface area (Å²) in [5.41, 5.74) is 8.31. The molecule has 2 heteroatoms. The SMILES string of the molecule is Cc1cc(SC(C)(C)C)cc(C)c1-c1c(C)cc(SC(C)(C)C)cc1C. The van der Waals surface area contributed by atoms with Crippen LogP contribution in [0.2, 0.25) is 0 Å². The van der Waals surface area contributed by atoms with Gasteiger partial charge in [-0.05, 0) is 85.3 Å². The third-order valence-electron chi connectivity index (χ3n) is 4.11. The van der Waals surface area contributed by atoms with E-state index in [1.165, 1.54) is 43.2 Å². The van der Waals surface area contributed by atoms with E-state index in [1.807, 2.05) is 23.5 Å². The first-order valence-corrected chi connectivity index (χ1v) is 11.0. The second kappa shape index (κ2) is 7.64. The molecule has 2 aromatic carbocycles. The minimum absolute atomic E-state index is 0.234. The van der Waals surface area contributed by atoms with Crippen LogP contribution in [0, 0.1) is 27.7 Å². The van der Waals surface area contributed by atoms with E-state index in [1.54, 1.807) is 0 Å². The zero-order valence-electron chi connectivity index (χ0n) is 18.1. The van der Waals surface area contributed by atoms with E-state index in [4.69, 9.17) is 0 Å². The van der Waals surface area contributed by atoms with Crippen molar-refractivity contribution in [1.29, 1.82) is 0 Å². The summed E-state index contributed by atoms with van der Waals surface area (Å²) in [7, 11) is 0. The maximum absolute atomic E-state index is 2.36. The molecule has 0 saturated heterocycles. The van der Waals surface area contributed by atoms with Gasteiger partial charge in [-0.3, -0.25) is 0 Å². The molecule has 142 valence electrons. The minimum atomic E-state index is 0.234. The molecule has 0 bridgehead atoms. The molecule has 0 spiro atoms. The molecule has 0 aliphatic carbocycles. The quantitative estimate of drug-likeness (QED) is 0.486. The van der Waals surface area contributed by atoms with Crippen LogP contribution in [-0.2, 0) is 0 Å². The smallest absolute Gasteiger partial charge is 0.0122 e. The molecule has 0 atom stereocenters. The summed E-state index contributed by atoms with van der Waals surface area (Å²) in [5, 5.41) is 0. The molecule has 0 amide bonds. The summed E-state index contributed by atoms with van der Waals surface area (Å²) < 4.78 is 0.468. The van der Waals surface area contributed by atoms with Gasteiger partial charge >= 0.3 is 0 Å². The summed E-state index contributed by atoms with van der Waals surface area (Å²) >= 11 is 3.89. The fourth-order valence-corrected chi connectivity index (χ4v) is 5.82. The average molecular weight is 387 g/mol. The molecule has 0 N–H and O–H groups in total. The highest BCUT2D eigenvalue weighted by molar-refractivity contribution is 8.00. The second-order valence-corrected chi connectivity index (χ2v) is 13.1. The van der Waals surface area contributed by atoms with Crippen molar-refractivity contribution >= 4 is 23.5 Å². The molecule has 0 nitrogen and oxygen atoms in total. The molecule has 0 aliphatic heterocycles. The Balaban J connectivity index is 2.52. The molecule has 0 heterocycles. The highest BCUT2D eigenvalue weighted by Crippen LogP contribution is 2.41. The van der Waals surface area contributed by atoms with Crippen molar-refractivity contribution in [1.82, 2.24) is 0 Å². The summed E-state index contributed by atoms with van der Waals surface area (Å²) in [6.07, 6.45) is 0. The second-order valence-electron chi connectivity index (χ2n) is 9.29. The van der Waals surface area contributed by atoms with Gasteiger partial charge in [0.05, 0.1) is 0 Å². The molecular weight excluding hydrogens is 352 g/mol. The fourth-order valence-electron chi connectivity index (χ4n) is 3.46. The molecule has 26 heavy (non-hydrogen) atoms. The molecule has 0 saturated carbocycles. The Labute approximate surface area is 169 Å². The van der Waals surface area contributed by atoms with Crippen LogP contribution in [0.25, 0.3) is 11.1 Å². The van der Waals surface area contributed by atoms with Crippen molar-refractivity contribution in [2.75, 3.05) is 0 Å². The van der Waals surface area contributed by atoms with E-state index in [2.05, 4.69) is 93.5 Å². The maximum Gasteiger partial charge on any atom is 0.0122 e. The van der Waals surface area contributed by atoms with E-state index in [-0.39, 0.29) is 9.49 Å². The number of thioether (sulfide) groups is 2. The van der Waals surface area contributed by atoms with Crippen LogP contribution >= 0.6 is 23.5 Å². The van der Waals surface area contributed by atoms with Gasteiger partial charge in [-0.2, -0.15) is 0 Å². The van der Waals surface area contributed by atoms with Gasteiger partial charge in [0.25, 0.3) is 0 Å². The van der Waals surface area contributed by atoms with E-state index < -0.39 is 0 Å². The third kappa shape index (κ3) is 5.57. The van der Waals surface area contributed by atoms with Gasteiger partial charge in [0.15, 0.2) is 0 Å². The van der Waals surface area contributed by atoms with Gasteiger partial charge in [-0.15, -0.1) is 23.5 Å². The van der Waals surface area contributed by atoms with Crippen molar-refractivity contribution in [3.63, 3.8) is 0 Å². The van der Waals surface area contributed by atoms with Gasteiger partial charge < -0.3 is 0 Å². The number of benzene rings is 2. The monoisotopic (exact) mass is 386 g/mol. The summed E-state index contributed by atoms with van der Waals surface area (Å²) in [5.74, 6) is 0. The summed E-state index contributed by atoms with van der Waals surface area (Å²) in [6.45, 7) is 22.7. The summed E-state index contributed by atoms with van der Waals surface area (Å²) in [4.78, 5) is 2.73. The van der Waals surface area contributed by atoms with Crippen molar-refractivity contribution < 1.29 is 0 Å². The first-order valence-electron chi connectivity index (χ1n) is 9.38. The molecule has 0 aliphatic rings. The normalized spacial score (nSPS) is 12.5. The van der Waals surface area contributed by atoms with Gasteiger partial charge in [-0.25, -0.2) is 0 Å². The zero-order valence-corrected chi connectivity index (χ0v) is 19.8. The van der Waals surface area contributed by atoms with E-state index >= 15 is 0 Å². The highest BCUT2D eigenvalue weighted by Gasteiger charge is 2.18. The van der Waals surface area contributed by atoms with Crippen LogP contribution in [0.3, 0.4) is 0 Å². The number of hydrogen-bond donors (Lipinski definition) is 0. The first kappa shape index (κ1) is 21.4.